The van der Waals surface area contributed by atoms with Crippen molar-refractivity contribution in [3.05, 3.63) is 37.9 Å². The van der Waals surface area contributed by atoms with Crippen LogP contribution >= 0.6 is 23.2 Å². The number of amides is 1. The van der Waals surface area contributed by atoms with Crippen LogP contribution in [0.3, 0.4) is 0 Å². The second-order valence-electron chi connectivity index (χ2n) is 4.20. The molecule has 1 amide bonds. The summed E-state index contributed by atoms with van der Waals surface area (Å²) in [6.07, 6.45) is 0.795. The number of halogens is 2. The van der Waals surface area contributed by atoms with Gasteiger partial charge in [-0.25, -0.2) is 4.79 Å². The minimum absolute atomic E-state index is 0.126. The van der Waals surface area contributed by atoms with Crippen molar-refractivity contribution in [2.45, 2.75) is 25.8 Å². The molecule has 0 saturated heterocycles. The molecule has 0 aliphatic carbocycles. The molecular formula is C12H12Cl2N2O5. The van der Waals surface area contributed by atoms with Gasteiger partial charge in [-0.15, -0.1) is 0 Å². The number of carbonyl (C=O) groups excluding carboxylic acids is 1. The number of nitrogens with zero attached hydrogens (tertiary/aromatic N) is 1. The SMILES string of the molecule is CCC[C@H](NC(=O)c1cc(Cl)c(Cl)c([N+](=O)[O-])c1)C(=O)O. The molecule has 9 heteroatoms. The Labute approximate surface area is 130 Å². The van der Waals surface area contributed by atoms with E-state index >= 15 is 0 Å². The third-order valence-corrected chi connectivity index (χ3v) is 3.44. The van der Waals surface area contributed by atoms with Gasteiger partial charge in [0, 0.05) is 11.6 Å². The van der Waals surface area contributed by atoms with Gasteiger partial charge >= 0.3 is 5.97 Å². The van der Waals surface area contributed by atoms with E-state index in [1.165, 1.54) is 0 Å². The van der Waals surface area contributed by atoms with Crippen LogP contribution in [0.25, 0.3) is 0 Å². The molecule has 0 spiro atoms. The van der Waals surface area contributed by atoms with Crippen LogP contribution in [0, 0.1) is 10.1 Å². The Hall–Kier alpha value is -1.86. The van der Waals surface area contributed by atoms with Crippen molar-refractivity contribution in [1.29, 1.82) is 0 Å². The molecule has 114 valence electrons. The van der Waals surface area contributed by atoms with E-state index in [9.17, 15) is 19.7 Å². The molecule has 0 unspecified atom stereocenters. The number of rotatable bonds is 6. The smallest absolute Gasteiger partial charge is 0.326 e. The molecule has 0 aromatic heterocycles. The monoisotopic (exact) mass is 334 g/mol. The van der Waals surface area contributed by atoms with Crippen LogP contribution < -0.4 is 5.32 Å². The fourth-order valence-electron chi connectivity index (χ4n) is 1.63. The molecule has 0 aliphatic heterocycles. The Kier molecular flexibility index (Phi) is 5.92. The average molecular weight is 335 g/mol. The van der Waals surface area contributed by atoms with Crippen molar-refractivity contribution >= 4 is 40.8 Å². The number of hydrogen-bond acceptors (Lipinski definition) is 4. The van der Waals surface area contributed by atoms with Gasteiger partial charge in [0.15, 0.2) is 0 Å². The minimum atomic E-state index is -1.18. The van der Waals surface area contributed by atoms with Crippen LogP contribution in [0.15, 0.2) is 12.1 Å². The molecule has 0 bridgehead atoms. The number of nitro groups is 1. The van der Waals surface area contributed by atoms with Crippen molar-refractivity contribution in [2.24, 2.45) is 0 Å². The zero-order valence-electron chi connectivity index (χ0n) is 10.9. The first-order valence-corrected chi connectivity index (χ1v) is 6.70. The molecule has 7 nitrogen and oxygen atoms in total. The zero-order valence-corrected chi connectivity index (χ0v) is 12.4. The quantitative estimate of drug-likeness (QED) is 0.613. The Morgan fingerprint density at radius 1 is 1.43 bits per heavy atom. The average Bonchev–Trinajstić information content (AvgIpc) is 2.40. The number of nitro benzene ring substituents is 1. The highest BCUT2D eigenvalue weighted by atomic mass is 35.5. The summed E-state index contributed by atoms with van der Waals surface area (Å²) >= 11 is 11.4. The molecule has 0 heterocycles. The van der Waals surface area contributed by atoms with E-state index in [2.05, 4.69) is 5.32 Å². The van der Waals surface area contributed by atoms with Gasteiger partial charge in [-0.3, -0.25) is 14.9 Å². The molecule has 0 aliphatic rings. The normalized spacial score (nSPS) is 11.8. The first-order chi connectivity index (χ1) is 9.77. The lowest BCUT2D eigenvalue weighted by Gasteiger charge is -2.13. The number of benzene rings is 1. The highest BCUT2D eigenvalue weighted by molar-refractivity contribution is 6.43. The largest absolute Gasteiger partial charge is 0.480 e. The van der Waals surface area contributed by atoms with Gasteiger partial charge in [0.1, 0.15) is 11.1 Å². The van der Waals surface area contributed by atoms with E-state index in [0.29, 0.717) is 6.42 Å². The molecule has 0 radical (unpaired) electrons. The van der Waals surface area contributed by atoms with E-state index in [1.807, 2.05) is 0 Å². The fraction of sp³-hybridized carbons (Fsp3) is 0.333. The molecular weight excluding hydrogens is 323 g/mol. The lowest BCUT2D eigenvalue weighted by molar-refractivity contribution is -0.384. The lowest BCUT2D eigenvalue weighted by Crippen LogP contribution is -2.40. The zero-order chi connectivity index (χ0) is 16.2. The fourth-order valence-corrected chi connectivity index (χ4v) is 2.02. The Morgan fingerprint density at radius 2 is 2.05 bits per heavy atom. The second-order valence-corrected chi connectivity index (χ2v) is 4.99. The summed E-state index contributed by atoms with van der Waals surface area (Å²) in [5.41, 5.74) is -0.643. The molecule has 1 rings (SSSR count). The standard InChI is InChI=1S/C12H12Cl2N2O5/c1-2-3-8(12(18)19)15-11(17)6-4-7(13)10(14)9(5-6)16(20)21/h4-5,8H,2-3H2,1H3,(H,15,17)(H,18,19)/t8-/m0/s1. The summed E-state index contributed by atoms with van der Waals surface area (Å²) in [6, 6.07) is 1.03. The molecule has 2 N–H and O–H groups in total. The van der Waals surface area contributed by atoms with E-state index < -0.39 is 28.5 Å². The lowest BCUT2D eigenvalue weighted by atomic mass is 10.1. The topological polar surface area (TPSA) is 110 Å². The highest BCUT2D eigenvalue weighted by Crippen LogP contribution is 2.33. The summed E-state index contributed by atoms with van der Waals surface area (Å²) < 4.78 is 0. The van der Waals surface area contributed by atoms with Crippen molar-refractivity contribution in [3.8, 4) is 0 Å². The highest BCUT2D eigenvalue weighted by Gasteiger charge is 2.23. The number of hydrogen-bond donors (Lipinski definition) is 2. The molecule has 1 atom stereocenters. The predicted molar refractivity (Wildman–Crippen MR) is 76.9 cm³/mol. The number of carboxylic acids is 1. The predicted octanol–water partition coefficient (Wildman–Crippen LogP) is 2.88. The van der Waals surface area contributed by atoms with Crippen molar-refractivity contribution in [1.82, 2.24) is 5.32 Å². The van der Waals surface area contributed by atoms with E-state index in [1.54, 1.807) is 6.92 Å². The van der Waals surface area contributed by atoms with Crippen LogP contribution in [-0.2, 0) is 4.79 Å². The Morgan fingerprint density at radius 3 is 2.52 bits per heavy atom. The molecule has 21 heavy (non-hydrogen) atoms. The maximum absolute atomic E-state index is 12.0. The van der Waals surface area contributed by atoms with Crippen LogP contribution in [0.2, 0.25) is 10.0 Å². The van der Waals surface area contributed by atoms with Gasteiger partial charge < -0.3 is 10.4 Å². The summed E-state index contributed by atoms with van der Waals surface area (Å²) in [5, 5.41) is 21.6. The van der Waals surface area contributed by atoms with Crippen LogP contribution in [-0.4, -0.2) is 27.9 Å². The summed E-state index contributed by atoms with van der Waals surface area (Å²) in [7, 11) is 0. The van der Waals surface area contributed by atoms with Gasteiger partial charge in [-0.2, -0.15) is 0 Å². The molecule has 1 aromatic rings. The van der Waals surface area contributed by atoms with Crippen LogP contribution in [0.1, 0.15) is 30.1 Å². The van der Waals surface area contributed by atoms with Crippen molar-refractivity contribution < 1.29 is 19.6 Å². The van der Waals surface area contributed by atoms with Gasteiger partial charge in [0.25, 0.3) is 11.6 Å². The summed E-state index contributed by atoms with van der Waals surface area (Å²) in [6.45, 7) is 1.77. The van der Waals surface area contributed by atoms with Crippen molar-refractivity contribution in [3.63, 3.8) is 0 Å². The van der Waals surface area contributed by atoms with E-state index in [-0.39, 0.29) is 22.0 Å². The van der Waals surface area contributed by atoms with Gasteiger partial charge in [0.2, 0.25) is 0 Å². The third kappa shape index (κ3) is 4.30. The number of carboxylic acid groups (broad SMARTS) is 1. The molecule has 0 saturated carbocycles. The second kappa shape index (κ2) is 7.24. The Bertz CT molecular complexity index is 591. The van der Waals surface area contributed by atoms with Crippen LogP contribution in [0.4, 0.5) is 5.69 Å². The minimum Gasteiger partial charge on any atom is -0.480 e. The van der Waals surface area contributed by atoms with Gasteiger partial charge in [-0.1, -0.05) is 36.5 Å². The van der Waals surface area contributed by atoms with E-state index in [4.69, 9.17) is 28.3 Å². The number of aliphatic carboxylic acids is 1. The maximum atomic E-state index is 12.0. The first kappa shape index (κ1) is 17.2. The third-order valence-electron chi connectivity index (χ3n) is 2.65. The summed E-state index contributed by atoms with van der Waals surface area (Å²) in [5.74, 6) is -1.95. The molecule has 0 fully saturated rings. The van der Waals surface area contributed by atoms with Crippen molar-refractivity contribution in [2.75, 3.05) is 0 Å². The van der Waals surface area contributed by atoms with Gasteiger partial charge in [0.05, 0.1) is 9.95 Å². The first-order valence-electron chi connectivity index (χ1n) is 5.95. The molecule has 1 aromatic carbocycles. The number of carbonyl (C=O) groups is 2. The van der Waals surface area contributed by atoms with Crippen LogP contribution in [0.5, 0.6) is 0 Å². The van der Waals surface area contributed by atoms with E-state index in [0.717, 1.165) is 12.1 Å². The number of nitrogens with one attached hydrogen (secondary N) is 1. The summed E-state index contributed by atoms with van der Waals surface area (Å²) in [4.78, 5) is 33.0. The Balaban J connectivity index is 3.07. The van der Waals surface area contributed by atoms with Gasteiger partial charge in [-0.05, 0) is 12.5 Å². The maximum Gasteiger partial charge on any atom is 0.326 e.